The third kappa shape index (κ3) is 6.08. The highest BCUT2D eigenvalue weighted by Crippen LogP contribution is 2.13. The van der Waals surface area contributed by atoms with Gasteiger partial charge in [0.25, 0.3) is 5.91 Å². The smallest absolute Gasteiger partial charge is 0.251 e. The van der Waals surface area contributed by atoms with Crippen LogP contribution in [0.2, 0.25) is 0 Å². The van der Waals surface area contributed by atoms with Crippen LogP contribution in [0.15, 0.2) is 18.2 Å². The van der Waals surface area contributed by atoms with E-state index in [0.29, 0.717) is 43.3 Å². The van der Waals surface area contributed by atoms with Gasteiger partial charge in [-0.25, -0.2) is 0 Å². The topological polar surface area (TPSA) is 99.6 Å². The second-order valence-electron chi connectivity index (χ2n) is 4.10. The van der Waals surface area contributed by atoms with E-state index in [-0.39, 0.29) is 5.91 Å². The number of nitrogens with two attached hydrogens (primary N) is 2. The van der Waals surface area contributed by atoms with Crippen LogP contribution in [0.25, 0.3) is 0 Å². The number of nitrogens with one attached hydrogen (secondary N) is 1. The van der Waals surface area contributed by atoms with Crippen LogP contribution in [0.3, 0.4) is 0 Å². The molecule has 0 aliphatic carbocycles. The molecule has 0 unspecified atom stereocenters. The van der Waals surface area contributed by atoms with Crippen molar-refractivity contribution >= 4 is 17.3 Å². The van der Waals surface area contributed by atoms with E-state index < -0.39 is 0 Å². The third-order valence-electron chi connectivity index (χ3n) is 2.42. The number of hydrogen-bond acceptors (Lipinski definition) is 5. The summed E-state index contributed by atoms with van der Waals surface area (Å²) in [6, 6.07) is 4.81. The molecule has 0 aromatic heterocycles. The van der Waals surface area contributed by atoms with E-state index in [9.17, 15) is 4.79 Å². The molecule has 5 N–H and O–H groups in total. The van der Waals surface area contributed by atoms with Crippen molar-refractivity contribution in [3.63, 3.8) is 0 Å². The lowest BCUT2D eigenvalue weighted by molar-refractivity contribution is 0.0688. The zero-order chi connectivity index (χ0) is 14.1. The van der Waals surface area contributed by atoms with Crippen molar-refractivity contribution < 1.29 is 14.3 Å². The van der Waals surface area contributed by atoms with Crippen LogP contribution in [0.5, 0.6) is 0 Å². The molecule has 0 radical (unpaired) electrons. The van der Waals surface area contributed by atoms with Crippen molar-refractivity contribution in [2.45, 2.75) is 6.42 Å². The molecule has 0 atom stereocenters. The fraction of sp³-hybridized carbons (Fsp3) is 0.462. The van der Waals surface area contributed by atoms with Gasteiger partial charge in [-0.05, 0) is 24.6 Å². The Morgan fingerprint density at radius 2 is 1.84 bits per heavy atom. The number of hydrogen-bond donors (Lipinski definition) is 3. The lowest BCUT2D eigenvalue weighted by Crippen LogP contribution is -2.25. The molecule has 1 rings (SSSR count). The van der Waals surface area contributed by atoms with Crippen LogP contribution < -0.4 is 16.8 Å². The first kappa shape index (κ1) is 15.3. The average molecular weight is 267 g/mol. The van der Waals surface area contributed by atoms with E-state index in [4.69, 9.17) is 20.9 Å². The highest BCUT2D eigenvalue weighted by molar-refractivity contribution is 5.96. The first-order valence-electron chi connectivity index (χ1n) is 6.14. The minimum Gasteiger partial charge on any atom is -0.399 e. The number of ether oxygens (including phenoxy) is 2. The molecule has 6 nitrogen and oxygen atoms in total. The summed E-state index contributed by atoms with van der Waals surface area (Å²) >= 11 is 0. The average Bonchev–Trinajstić information content (AvgIpc) is 2.36. The number of methoxy groups -OCH3 is 1. The molecule has 0 saturated carbocycles. The summed E-state index contributed by atoms with van der Waals surface area (Å²) in [4.78, 5) is 11.8. The Balaban J connectivity index is 2.24. The third-order valence-corrected chi connectivity index (χ3v) is 2.42. The van der Waals surface area contributed by atoms with Gasteiger partial charge >= 0.3 is 0 Å². The highest BCUT2D eigenvalue weighted by atomic mass is 16.5. The van der Waals surface area contributed by atoms with Crippen LogP contribution >= 0.6 is 0 Å². The van der Waals surface area contributed by atoms with E-state index in [1.54, 1.807) is 25.3 Å². The van der Waals surface area contributed by atoms with E-state index in [0.717, 1.165) is 6.42 Å². The quantitative estimate of drug-likeness (QED) is 0.474. The molecule has 0 bridgehead atoms. The predicted molar refractivity (Wildman–Crippen MR) is 74.9 cm³/mol. The minimum atomic E-state index is -0.184. The number of benzene rings is 1. The Kier molecular flexibility index (Phi) is 6.70. The normalized spacial score (nSPS) is 10.4. The van der Waals surface area contributed by atoms with E-state index >= 15 is 0 Å². The van der Waals surface area contributed by atoms with E-state index in [1.807, 2.05) is 0 Å². The van der Waals surface area contributed by atoms with Gasteiger partial charge in [-0.1, -0.05) is 0 Å². The van der Waals surface area contributed by atoms with Crippen LogP contribution in [-0.2, 0) is 9.47 Å². The first-order chi connectivity index (χ1) is 9.13. The van der Waals surface area contributed by atoms with Crippen molar-refractivity contribution in [3.8, 4) is 0 Å². The molecule has 0 spiro atoms. The lowest BCUT2D eigenvalue weighted by atomic mass is 10.1. The maximum Gasteiger partial charge on any atom is 0.251 e. The zero-order valence-corrected chi connectivity index (χ0v) is 11.1. The number of rotatable bonds is 8. The number of anilines is 2. The second-order valence-corrected chi connectivity index (χ2v) is 4.10. The Hall–Kier alpha value is -1.79. The summed E-state index contributed by atoms with van der Waals surface area (Å²) in [5.41, 5.74) is 12.7. The molecule has 1 aromatic rings. The number of carbonyl (C=O) groups excluding carboxylic acids is 1. The number of amides is 1. The fourth-order valence-corrected chi connectivity index (χ4v) is 1.53. The Bertz CT molecular complexity index is 390. The van der Waals surface area contributed by atoms with Gasteiger partial charge in [-0.15, -0.1) is 0 Å². The van der Waals surface area contributed by atoms with Crippen molar-refractivity contribution in [1.29, 1.82) is 0 Å². The lowest BCUT2D eigenvalue weighted by Gasteiger charge is -2.07. The number of nitrogen functional groups attached to an aromatic ring is 2. The molecule has 0 aliphatic heterocycles. The van der Waals surface area contributed by atoms with Crippen LogP contribution in [-0.4, -0.2) is 39.4 Å². The van der Waals surface area contributed by atoms with Gasteiger partial charge < -0.3 is 26.3 Å². The monoisotopic (exact) mass is 267 g/mol. The Morgan fingerprint density at radius 1 is 1.16 bits per heavy atom. The summed E-state index contributed by atoms with van der Waals surface area (Å²) in [7, 11) is 1.63. The maximum absolute atomic E-state index is 11.8. The molecule has 0 fully saturated rings. The van der Waals surface area contributed by atoms with Gasteiger partial charge in [0.1, 0.15) is 0 Å². The highest BCUT2D eigenvalue weighted by Gasteiger charge is 2.06. The van der Waals surface area contributed by atoms with Gasteiger partial charge in [0.2, 0.25) is 0 Å². The minimum absolute atomic E-state index is 0.184. The second kappa shape index (κ2) is 8.34. The van der Waals surface area contributed by atoms with Gasteiger partial charge in [0, 0.05) is 37.2 Å². The largest absolute Gasteiger partial charge is 0.399 e. The first-order valence-corrected chi connectivity index (χ1v) is 6.14. The molecule has 0 heterocycles. The van der Waals surface area contributed by atoms with Gasteiger partial charge in [0.15, 0.2) is 0 Å². The SMILES string of the molecule is COCCOCCCNC(=O)c1cc(N)cc(N)c1. The van der Waals surface area contributed by atoms with Gasteiger partial charge in [-0.2, -0.15) is 0 Å². The summed E-state index contributed by atoms with van der Waals surface area (Å²) < 4.78 is 10.1. The molecular formula is C13H21N3O3. The van der Waals surface area contributed by atoms with Crippen molar-refractivity contribution in [1.82, 2.24) is 5.32 Å². The summed E-state index contributed by atoms with van der Waals surface area (Å²) in [6.45, 7) is 2.27. The van der Waals surface area contributed by atoms with E-state index in [1.165, 1.54) is 0 Å². The molecule has 106 valence electrons. The summed E-state index contributed by atoms with van der Waals surface area (Å²) in [6.07, 6.45) is 0.743. The van der Waals surface area contributed by atoms with E-state index in [2.05, 4.69) is 5.32 Å². The molecule has 1 aromatic carbocycles. The van der Waals surface area contributed by atoms with Crippen LogP contribution in [0, 0.1) is 0 Å². The number of carbonyl (C=O) groups is 1. The van der Waals surface area contributed by atoms with Crippen LogP contribution in [0.1, 0.15) is 16.8 Å². The summed E-state index contributed by atoms with van der Waals surface area (Å²) in [5, 5.41) is 2.78. The van der Waals surface area contributed by atoms with Gasteiger partial charge in [-0.3, -0.25) is 4.79 Å². The molecule has 1 amide bonds. The molecule has 0 aliphatic rings. The molecule has 0 saturated heterocycles. The van der Waals surface area contributed by atoms with Crippen molar-refractivity contribution in [3.05, 3.63) is 23.8 Å². The molecular weight excluding hydrogens is 246 g/mol. The van der Waals surface area contributed by atoms with Gasteiger partial charge in [0.05, 0.1) is 13.2 Å². The Labute approximate surface area is 113 Å². The fourth-order valence-electron chi connectivity index (χ4n) is 1.53. The van der Waals surface area contributed by atoms with Crippen molar-refractivity contribution in [2.75, 3.05) is 44.9 Å². The van der Waals surface area contributed by atoms with Crippen LogP contribution in [0.4, 0.5) is 11.4 Å². The molecule has 19 heavy (non-hydrogen) atoms. The predicted octanol–water partition coefficient (Wildman–Crippen LogP) is 0.634. The summed E-state index contributed by atoms with van der Waals surface area (Å²) in [5.74, 6) is -0.184. The standard InChI is InChI=1S/C13H21N3O3/c1-18-5-6-19-4-2-3-16-13(17)10-7-11(14)9-12(15)8-10/h7-9H,2-6,14-15H2,1H3,(H,16,17). The Morgan fingerprint density at radius 3 is 2.47 bits per heavy atom. The van der Waals surface area contributed by atoms with Crippen molar-refractivity contribution in [2.24, 2.45) is 0 Å². The zero-order valence-electron chi connectivity index (χ0n) is 11.1. The molecule has 6 heteroatoms. The maximum atomic E-state index is 11.8.